The largest absolute Gasteiger partial charge is 0.481 e. The van der Waals surface area contributed by atoms with E-state index in [9.17, 15) is 39.6 Å². The van der Waals surface area contributed by atoms with Crippen molar-refractivity contribution in [1.82, 2.24) is 0 Å². The maximum Gasteiger partial charge on any atom is 0.336 e. The highest BCUT2D eigenvalue weighted by molar-refractivity contribution is 5.85. The number of benzene rings is 1. The van der Waals surface area contributed by atoms with Crippen molar-refractivity contribution in [3.05, 3.63) is 42.0 Å². The lowest BCUT2D eigenvalue weighted by molar-refractivity contribution is -0.174. The minimum atomic E-state index is -2.83. The van der Waals surface area contributed by atoms with Crippen LogP contribution in [-0.2, 0) is 25.6 Å². The zero-order chi connectivity index (χ0) is 32.1. The number of unbranched alkanes of at least 4 members (excludes halogenated alkanes) is 8. The molecule has 0 unspecified atom stereocenters. The maximum absolute atomic E-state index is 12.4. The summed E-state index contributed by atoms with van der Waals surface area (Å²) in [5.41, 5.74) is -2.28. The third-order valence-electron chi connectivity index (χ3n) is 7.44. The molecule has 238 valence electrons. The molecule has 1 aromatic carbocycles. The lowest BCUT2D eigenvalue weighted by atomic mass is 9.73. The number of aliphatic carboxylic acids is 3. The second-order valence-electron chi connectivity index (χ2n) is 10.9. The first-order valence-electron chi connectivity index (χ1n) is 15.2. The number of carboxylic acid groups (broad SMARTS) is 3. The summed E-state index contributed by atoms with van der Waals surface area (Å²) >= 11 is 0. The molecule has 0 spiro atoms. The fourth-order valence-electron chi connectivity index (χ4n) is 4.96. The Labute approximate surface area is 255 Å². The van der Waals surface area contributed by atoms with Crippen LogP contribution in [0, 0.1) is 23.7 Å². The molecule has 0 amide bonds. The standard InChI is InChI=1S/C34H48O9/c1-3-5-7-10-13-16-27(35)17-14-11-8-9-12-15-18-30(34(42,33(40)41)25-31(36)37)29(32(38)39)24-26-19-21-28(22-20-26)43-23-6-4-2/h15,18-22,29-30,42H,3,5,7-14,16-17,23-25H2,1-2H3,(H,36,37)(H,38,39)(H,40,41)/b18-15+/t29-,30-,34-/m0/s1. The van der Waals surface area contributed by atoms with E-state index in [0.717, 1.165) is 38.5 Å². The molecule has 0 aliphatic heterocycles. The number of carbonyl (C=O) groups is 4. The van der Waals surface area contributed by atoms with Crippen LogP contribution >= 0.6 is 0 Å². The second-order valence-corrected chi connectivity index (χ2v) is 10.9. The molecule has 0 aromatic heterocycles. The molecular formula is C34H48O9. The van der Waals surface area contributed by atoms with Crippen molar-refractivity contribution in [1.29, 1.82) is 0 Å². The SMILES string of the molecule is CC#CCOc1ccc(C[C@H](C(=O)O)[C@H](/C=C/CCCCCCC(=O)CCCCCCC)[C@@](O)(CC(=O)O)C(=O)O)cc1. The number of hydrogen-bond donors (Lipinski definition) is 4. The normalized spacial score (nSPS) is 13.8. The van der Waals surface area contributed by atoms with Crippen LogP contribution < -0.4 is 4.74 Å². The Morgan fingerprint density at radius 3 is 2.05 bits per heavy atom. The first-order valence-corrected chi connectivity index (χ1v) is 15.2. The van der Waals surface area contributed by atoms with Crippen molar-refractivity contribution >= 4 is 23.7 Å². The molecule has 9 heteroatoms. The summed E-state index contributed by atoms with van der Waals surface area (Å²) in [7, 11) is 0. The molecular weight excluding hydrogens is 552 g/mol. The summed E-state index contributed by atoms with van der Waals surface area (Å²) in [6.07, 6.45) is 12.1. The first kappa shape index (κ1) is 37.4. The number of rotatable bonds is 24. The molecule has 0 saturated heterocycles. The van der Waals surface area contributed by atoms with E-state index in [-0.39, 0.29) is 13.0 Å². The van der Waals surface area contributed by atoms with Crippen LogP contribution in [0.1, 0.15) is 103 Å². The monoisotopic (exact) mass is 600 g/mol. The van der Waals surface area contributed by atoms with E-state index in [4.69, 9.17) is 4.74 Å². The highest BCUT2D eigenvalue weighted by Gasteiger charge is 2.50. The van der Waals surface area contributed by atoms with Gasteiger partial charge in [0.2, 0.25) is 0 Å². The van der Waals surface area contributed by atoms with Crippen LogP contribution in [0.2, 0.25) is 0 Å². The minimum Gasteiger partial charge on any atom is -0.481 e. The lowest BCUT2D eigenvalue weighted by Crippen LogP contribution is -2.51. The van der Waals surface area contributed by atoms with Crippen molar-refractivity contribution in [2.24, 2.45) is 11.8 Å². The van der Waals surface area contributed by atoms with Gasteiger partial charge in [-0.3, -0.25) is 14.4 Å². The van der Waals surface area contributed by atoms with E-state index in [2.05, 4.69) is 18.8 Å². The average Bonchev–Trinajstić information content (AvgIpc) is 2.95. The summed E-state index contributed by atoms with van der Waals surface area (Å²) in [6, 6.07) is 6.55. The zero-order valence-corrected chi connectivity index (χ0v) is 25.6. The van der Waals surface area contributed by atoms with Crippen LogP contribution in [0.5, 0.6) is 5.75 Å². The fourth-order valence-corrected chi connectivity index (χ4v) is 4.96. The van der Waals surface area contributed by atoms with Crippen LogP contribution in [0.3, 0.4) is 0 Å². The molecule has 1 rings (SSSR count). The van der Waals surface area contributed by atoms with Gasteiger partial charge in [-0.05, 0) is 56.7 Å². The molecule has 43 heavy (non-hydrogen) atoms. The number of carboxylic acids is 3. The third kappa shape index (κ3) is 14.9. The van der Waals surface area contributed by atoms with Crippen molar-refractivity contribution in [3.8, 4) is 17.6 Å². The summed E-state index contributed by atoms with van der Waals surface area (Å²) in [5.74, 6) is -1.34. The van der Waals surface area contributed by atoms with Crippen LogP contribution in [0.4, 0.5) is 0 Å². The molecule has 0 heterocycles. The summed E-state index contributed by atoms with van der Waals surface area (Å²) in [5, 5.41) is 40.3. The van der Waals surface area contributed by atoms with Crippen LogP contribution in [-0.4, -0.2) is 56.3 Å². The molecule has 0 aliphatic carbocycles. The Hall–Kier alpha value is -3.64. The Kier molecular flexibility index (Phi) is 18.4. The van der Waals surface area contributed by atoms with Crippen LogP contribution in [0.15, 0.2) is 36.4 Å². The van der Waals surface area contributed by atoms with E-state index in [1.54, 1.807) is 37.3 Å². The predicted molar refractivity (Wildman–Crippen MR) is 164 cm³/mol. The molecule has 0 saturated carbocycles. The molecule has 3 atom stereocenters. The Balaban J connectivity index is 2.85. The van der Waals surface area contributed by atoms with Gasteiger partial charge >= 0.3 is 17.9 Å². The van der Waals surface area contributed by atoms with Gasteiger partial charge in [-0.1, -0.05) is 75.7 Å². The quantitative estimate of drug-likeness (QED) is 0.0628. The van der Waals surface area contributed by atoms with Gasteiger partial charge in [-0.25, -0.2) is 4.79 Å². The number of hydrogen-bond acceptors (Lipinski definition) is 6. The van der Waals surface area contributed by atoms with Gasteiger partial charge in [0.05, 0.1) is 12.3 Å². The minimum absolute atomic E-state index is 0.138. The van der Waals surface area contributed by atoms with E-state index >= 15 is 0 Å². The van der Waals surface area contributed by atoms with Crippen LogP contribution in [0.25, 0.3) is 0 Å². The van der Waals surface area contributed by atoms with Gasteiger partial charge in [0.15, 0.2) is 5.60 Å². The Morgan fingerprint density at radius 1 is 0.907 bits per heavy atom. The first-order chi connectivity index (χ1) is 20.5. The van der Waals surface area contributed by atoms with E-state index in [1.165, 1.54) is 25.3 Å². The second kappa shape index (κ2) is 21.1. The molecule has 1 aromatic rings. The van der Waals surface area contributed by atoms with E-state index < -0.39 is 41.8 Å². The van der Waals surface area contributed by atoms with E-state index in [0.29, 0.717) is 36.4 Å². The predicted octanol–water partition coefficient (Wildman–Crippen LogP) is 6.07. The van der Waals surface area contributed by atoms with Crippen molar-refractivity contribution in [2.45, 2.75) is 109 Å². The number of aliphatic hydroxyl groups is 1. The number of ether oxygens (including phenoxy) is 1. The highest BCUT2D eigenvalue weighted by atomic mass is 16.5. The zero-order valence-electron chi connectivity index (χ0n) is 25.6. The van der Waals surface area contributed by atoms with Crippen molar-refractivity contribution < 1.29 is 44.3 Å². The summed E-state index contributed by atoms with van der Waals surface area (Å²) in [4.78, 5) is 48.0. The molecule has 0 bridgehead atoms. The highest BCUT2D eigenvalue weighted by Crippen LogP contribution is 2.34. The lowest BCUT2D eigenvalue weighted by Gasteiger charge is -2.33. The molecule has 9 nitrogen and oxygen atoms in total. The number of Topliss-reactive ketones (excluding diaryl/α,β-unsaturated/α-hetero) is 1. The third-order valence-corrected chi connectivity index (χ3v) is 7.44. The molecule has 0 aliphatic rings. The number of allylic oxidation sites excluding steroid dienone is 1. The fraction of sp³-hybridized carbons (Fsp3) is 0.588. The Morgan fingerprint density at radius 2 is 1.51 bits per heavy atom. The smallest absolute Gasteiger partial charge is 0.336 e. The number of ketones is 1. The Bertz CT molecular complexity index is 1100. The summed E-state index contributed by atoms with van der Waals surface area (Å²) < 4.78 is 5.47. The number of carbonyl (C=O) groups excluding carboxylic acids is 1. The van der Waals surface area contributed by atoms with Gasteiger partial charge in [0.25, 0.3) is 0 Å². The molecule has 4 N–H and O–H groups in total. The maximum atomic E-state index is 12.4. The van der Waals surface area contributed by atoms with Crippen molar-refractivity contribution in [3.63, 3.8) is 0 Å². The van der Waals surface area contributed by atoms with Crippen molar-refractivity contribution in [2.75, 3.05) is 6.61 Å². The van der Waals surface area contributed by atoms with Gasteiger partial charge in [-0.15, -0.1) is 5.92 Å². The van der Waals surface area contributed by atoms with Gasteiger partial charge < -0.3 is 25.2 Å². The molecule has 0 radical (unpaired) electrons. The van der Waals surface area contributed by atoms with Gasteiger partial charge in [0.1, 0.15) is 18.1 Å². The summed E-state index contributed by atoms with van der Waals surface area (Å²) in [6.45, 7) is 4.04. The molecule has 0 fully saturated rings. The van der Waals surface area contributed by atoms with E-state index in [1.807, 2.05) is 0 Å². The van der Waals surface area contributed by atoms with Gasteiger partial charge in [-0.2, -0.15) is 0 Å². The average molecular weight is 601 g/mol. The van der Waals surface area contributed by atoms with Gasteiger partial charge in [0, 0.05) is 18.8 Å². The topological polar surface area (TPSA) is 158 Å².